The third-order valence-electron chi connectivity index (χ3n) is 9.94. The van der Waals surface area contributed by atoms with Crippen LogP contribution in [0, 0.1) is 0 Å². The van der Waals surface area contributed by atoms with Crippen molar-refractivity contribution in [2.24, 2.45) is 0 Å². The van der Waals surface area contributed by atoms with Crippen LogP contribution >= 0.6 is 0 Å². The third kappa shape index (κ3) is 4.38. The second kappa shape index (κ2) is 11.2. The van der Waals surface area contributed by atoms with Crippen molar-refractivity contribution in [2.75, 3.05) is 0 Å². The zero-order chi connectivity index (χ0) is 34.2. The number of fused-ring (bicyclic) bond motifs is 9. The quantitative estimate of drug-likeness (QED) is 0.186. The highest BCUT2D eigenvalue weighted by molar-refractivity contribution is 6.27. The van der Waals surface area contributed by atoms with Crippen LogP contribution in [0.5, 0.6) is 0 Å². The maximum absolute atomic E-state index is 6.81. The molecule has 6 heteroatoms. The standard InChI is InChI=1S/C46H26N4O2/c1-2-14-29(15-3-1)46-47-37-24-25-38-40(42(37)52-46)39-33-21-9-6-16-30(33)26-36(41(39)51-38)45-49-43(34-22-10-17-27-12-4-7-19-31(27)34)48-44(50-45)35-23-11-18-28-13-5-8-20-32(28)35/h1-26H. The van der Waals surface area contributed by atoms with Crippen molar-refractivity contribution in [3.63, 3.8) is 0 Å². The van der Waals surface area contributed by atoms with E-state index in [-0.39, 0.29) is 0 Å². The number of rotatable bonds is 4. The molecule has 0 aliphatic heterocycles. The molecule has 0 radical (unpaired) electrons. The van der Waals surface area contributed by atoms with Crippen molar-refractivity contribution in [3.05, 3.63) is 158 Å². The monoisotopic (exact) mass is 666 g/mol. The van der Waals surface area contributed by atoms with E-state index in [1.807, 2.05) is 72.8 Å². The Morgan fingerprint density at radius 3 is 1.60 bits per heavy atom. The van der Waals surface area contributed by atoms with Crippen LogP contribution in [0.3, 0.4) is 0 Å². The van der Waals surface area contributed by atoms with Gasteiger partial charge in [-0.2, -0.15) is 0 Å². The van der Waals surface area contributed by atoms with Gasteiger partial charge in [-0.15, -0.1) is 0 Å². The number of hydrogen-bond acceptors (Lipinski definition) is 6. The number of nitrogens with zero attached hydrogens (tertiary/aromatic N) is 4. The summed E-state index contributed by atoms with van der Waals surface area (Å²) in [4.78, 5) is 20.5. The molecule has 0 spiro atoms. The maximum Gasteiger partial charge on any atom is 0.227 e. The smallest absolute Gasteiger partial charge is 0.227 e. The summed E-state index contributed by atoms with van der Waals surface area (Å²) < 4.78 is 13.4. The summed E-state index contributed by atoms with van der Waals surface area (Å²) in [6.45, 7) is 0. The minimum atomic E-state index is 0.523. The van der Waals surface area contributed by atoms with Crippen LogP contribution < -0.4 is 0 Å². The van der Waals surface area contributed by atoms with Crippen molar-refractivity contribution in [3.8, 4) is 45.6 Å². The molecule has 0 atom stereocenters. The van der Waals surface area contributed by atoms with Crippen molar-refractivity contribution >= 4 is 65.4 Å². The molecule has 11 aromatic rings. The molecular weight excluding hydrogens is 641 g/mol. The minimum Gasteiger partial charge on any atom is -0.455 e. The van der Waals surface area contributed by atoms with Gasteiger partial charge in [-0.1, -0.05) is 127 Å². The van der Waals surface area contributed by atoms with E-state index in [1.54, 1.807) is 0 Å². The largest absolute Gasteiger partial charge is 0.455 e. The van der Waals surface area contributed by atoms with E-state index in [0.29, 0.717) is 40.1 Å². The Bertz CT molecular complexity index is 3090. The lowest BCUT2D eigenvalue weighted by Gasteiger charge is -2.12. The molecule has 8 aromatic carbocycles. The van der Waals surface area contributed by atoms with Gasteiger partial charge in [0.25, 0.3) is 0 Å². The van der Waals surface area contributed by atoms with Gasteiger partial charge in [0, 0.05) is 22.1 Å². The Morgan fingerprint density at radius 2 is 0.923 bits per heavy atom. The Kier molecular flexibility index (Phi) is 6.15. The zero-order valence-electron chi connectivity index (χ0n) is 27.6. The molecule has 0 aliphatic carbocycles. The first-order chi connectivity index (χ1) is 25.8. The highest BCUT2D eigenvalue weighted by atomic mass is 16.4. The first-order valence-corrected chi connectivity index (χ1v) is 17.2. The summed E-state index contributed by atoms with van der Waals surface area (Å²) in [6.07, 6.45) is 0. The first-order valence-electron chi connectivity index (χ1n) is 17.2. The van der Waals surface area contributed by atoms with Crippen LogP contribution in [0.25, 0.3) is 111 Å². The van der Waals surface area contributed by atoms with Crippen LogP contribution in [0.2, 0.25) is 0 Å². The van der Waals surface area contributed by atoms with E-state index >= 15 is 0 Å². The Morgan fingerprint density at radius 1 is 0.365 bits per heavy atom. The van der Waals surface area contributed by atoms with Gasteiger partial charge in [0.15, 0.2) is 23.1 Å². The second-order valence-corrected chi connectivity index (χ2v) is 13.0. The van der Waals surface area contributed by atoms with E-state index in [0.717, 1.165) is 70.9 Å². The Balaban J connectivity index is 1.24. The van der Waals surface area contributed by atoms with Crippen molar-refractivity contribution in [1.29, 1.82) is 0 Å². The van der Waals surface area contributed by atoms with Gasteiger partial charge in [0.2, 0.25) is 5.89 Å². The van der Waals surface area contributed by atoms with Crippen molar-refractivity contribution in [1.82, 2.24) is 19.9 Å². The lowest BCUT2D eigenvalue weighted by Crippen LogP contribution is -2.01. The lowest BCUT2D eigenvalue weighted by molar-refractivity contribution is 0.622. The van der Waals surface area contributed by atoms with E-state index in [1.165, 1.54) is 0 Å². The second-order valence-electron chi connectivity index (χ2n) is 13.0. The molecule has 0 N–H and O–H groups in total. The number of hydrogen-bond donors (Lipinski definition) is 0. The Labute approximate surface area is 296 Å². The number of benzene rings is 8. The summed E-state index contributed by atoms with van der Waals surface area (Å²) in [6, 6.07) is 53.5. The Hall–Kier alpha value is -7.18. The predicted octanol–water partition coefficient (Wildman–Crippen LogP) is 12.0. The molecule has 0 saturated carbocycles. The molecule has 3 heterocycles. The fourth-order valence-corrected chi connectivity index (χ4v) is 7.54. The van der Waals surface area contributed by atoms with Gasteiger partial charge >= 0.3 is 0 Å². The molecule has 11 rings (SSSR count). The first kappa shape index (κ1) is 28.6. The topological polar surface area (TPSA) is 77.8 Å². The fourth-order valence-electron chi connectivity index (χ4n) is 7.54. The average Bonchev–Trinajstić information content (AvgIpc) is 3.83. The summed E-state index contributed by atoms with van der Waals surface area (Å²) in [5.74, 6) is 2.27. The average molecular weight is 667 g/mol. The molecule has 0 aliphatic rings. The van der Waals surface area contributed by atoms with Crippen LogP contribution in [0.15, 0.2) is 167 Å². The molecule has 0 unspecified atom stereocenters. The van der Waals surface area contributed by atoms with Crippen molar-refractivity contribution < 1.29 is 8.83 Å². The maximum atomic E-state index is 6.81. The molecule has 52 heavy (non-hydrogen) atoms. The highest BCUT2D eigenvalue weighted by Gasteiger charge is 2.24. The molecular formula is C46H26N4O2. The van der Waals surface area contributed by atoms with Gasteiger partial charge in [0.05, 0.1) is 10.9 Å². The summed E-state index contributed by atoms with van der Waals surface area (Å²) in [7, 11) is 0. The molecule has 0 saturated heterocycles. The van der Waals surface area contributed by atoms with Gasteiger partial charge in [-0.3, -0.25) is 0 Å². The van der Waals surface area contributed by atoms with E-state index in [9.17, 15) is 0 Å². The van der Waals surface area contributed by atoms with E-state index in [4.69, 9.17) is 28.8 Å². The van der Waals surface area contributed by atoms with Gasteiger partial charge in [-0.25, -0.2) is 19.9 Å². The fraction of sp³-hybridized carbons (Fsp3) is 0. The highest BCUT2D eigenvalue weighted by Crippen LogP contribution is 2.44. The number of aromatic nitrogens is 4. The summed E-state index contributed by atoms with van der Waals surface area (Å²) in [5.41, 5.74) is 6.37. The molecule has 3 aromatic heterocycles. The van der Waals surface area contributed by atoms with Crippen LogP contribution in [-0.2, 0) is 0 Å². The zero-order valence-corrected chi connectivity index (χ0v) is 27.6. The van der Waals surface area contributed by atoms with E-state index in [2.05, 4.69) is 84.9 Å². The van der Waals surface area contributed by atoms with Gasteiger partial charge in [0.1, 0.15) is 16.7 Å². The van der Waals surface area contributed by atoms with Crippen LogP contribution in [-0.4, -0.2) is 19.9 Å². The predicted molar refractivity (Wildman–Crippen MR) is 209 cm³/mol. The molecule has 0 amide bonds. The molecule has 0 bridgehead atoms. The van der Waals surface area contributed by atoms with Gasteiger partial charge in [-0.05, 0) is 62.6 Å². The third-order valence-corrected chi connectivity index (χ3v) is 9.94. The van der Waals surface area contributed by atoms with E-state index < -0.39 is 0 Å². The summed E-state index contributed by atoms with van der Waals surface area (Å²) in [5, 5.41) is 8.26. The molecule has 242 valence electrons. The normalized spacial score (nSPS) is 11.8. The minimum absolute atomic E-state index is 0.523. The van der Waals surface area contributed by atoms with Crippen LogP contribution in [0.1, 0.15) is 0 Å². The van der Waals surface area contributed by atoms with Crippen LogP contribution in [0.4, 0.5) is 0 Å². The lowest BCUT2D eigenvalue weighted by atomic mass is 9.99. The van der Waals surface area contributed by atoms with Crippen molar-refractivity contribution in [2.45, 2.75) is 0 Å². The summed E-state index contributed by atoms with van der Waals surface area (Å²) >= 11 is 0. The molecule has 0 fully saturated rings. The SMILES string of the molecule is c1ccc(-c2nc3ccc4oc5c(-c6nc(-c7cccc8ccccc78)nc(-c7cccc8ccccc78)n6)cc6ccccc6c5c4c3o2)cc1. The van der Waals surface area contributed by atoms with Gasteiger partial charge < -0.3 is 8.83 Å². The molecule has 6 nitrogen and oxygen atoms in total. The number of oxazole rings is 1. The number of furan rings is 1.